The van der Waals surface area contributed by atoms with Crippen LogP contribution in [0, 0.1) is 11.3 Å². The van der Waals surface area contributed by atoms with Crippen LogP contribution in [-0.2, 0) is 4.79 Å². The molecule has 1 fully saturated rings. The molecule has 1 aliphatic rings. The van der Waals surface area contributed by atoms with E-state index in [0.717, 1.165) is 37.7 Å². The minimum atomic E-state index is -0.696. The number of halogens is 2. The van der Waals surface area contributed by atoms with Crippen molar-refractivity contribution in [2.24, 2.45) is 0 Å². The van der Waals surface area contributed by atoms with Crippen molar-refractivity contribution >= 4 is 29.1 Å². The van der Waals surface area contributed by atoms with Gasteiger partial charge >= 0.3 is 0 Å². The maximum atomic E-state index is 12.2. The highest BCUT2D eigenvalue weighted by atomic mass is 35.5. The highest BCUT2D eigenvalue weighted by Gasteiger charge is 2.33. The van der Waals surface area contributed by atoms with Crippen molar-refractivity contribution < 1.29 is 4.79 Å². The van der Waals surface area contributed by atoms with Crippen molar-refractivity contribution in [3.63, 3.8) is 0 Å². The number of benzene rings is 1. The van der Waals surface area contributed by atoms with Gasteiger partial charge in [-0.15, -0.1) is 0 Å². The Balaban J connectivity index is 1.89. The topological polar surface area (TPSA) is 64.9 Å². The molecule has 1 aromatic rings. The first-order valence-electron chi connectivity index (χ1n) is 7.86. The number of carbonyl (C=O) groups is 1. The normalized spacial score (nSPS) is 18.0. The van der Waals surface area contributed by atoms with Gasteiger partial charge in [0.25, 0.3) is 0 Å². The van der Waals surface area contributed by atoms with Gasteiger partial charge in [0, 0.05) is 16.1 Å². The summed E-state index contributed by atoms with van der Waals surface area (Å²) >= 11 is 12.1. The van der Waals surface area contributed by atoms with Crippen LogP contribution in [0.3, 0.4) is 0 Å². The molecule has 1 amide bonds. The van der Waals surface area contributed by atoms with Crippen molar-refractivity contribution in [1.82, 2.24) is 10.6 Å². The van der Waals surface area contributed by atoms with Crippen LogP contribution in [0.25, 0.3) is 0 Å². The molecule has 1 saturated carbocycles. The summed E-state index contributed by atoms with van der Waals surface area (Å²) in [5.74, 6) is -0.162. The third-order valence-corrected chi connectivity index (χ3v) is 4.86. The van der Waals surface area contributed by atoms with E-state index in [9.17, 15) is 10.1 Å². The van der Waals surface area contributed by atoms with Gasteiger partial charge in [-0.2, -0.15) is 5.26 Å². The molecule has 2 rings (SSSR count). The van der Waals surface area contributed by atoms with Gasteiger partial charge in [0.1, 0.15) is 5.54 Å². The summed E-state index contributed by atoms with van der Waals surface area (Å²) in [4.78, 5) is 12.2. The number of hydrogen-bond acceptors (Lipinski definition) is 3. The molecule has 0 bridgehead atoms. The van der Waals surface area contributed by atoms with Gasteiger partial charge in [-0.05, 0) is 37.5 Å². The number of nitrogens with one attached hydrogen (secondary N) is 2. The van der Waals surface area contributed by atoms with Crippen LogP contribution in [0.4, 0.5) is 0 Å². The van der Waals surface area contributed by atoms with Crippen LogP contribution in [0.1, 0.15) is 50.6 Å². The molecule has 1 aromatic carbocycles. The molecule has 0 saturated heterocycles. The third-order valence-electron chi connectivity index (χ3n) is 4.30. The van der Waals surface area contributed by atoms with Gasteiger partial charge in [0.05, 0.1) is 12.6 Å². The Morgan fingerprint density at radius 1 is 1.35 bits per heavy atom. The highest BCUT2D eigenvalue weighted by molar-refractivity contribution is 6.35. The second-order valence-electron chi connectivity index (χ2n) is 6.07. The van der Waals surface area contributed by atoms with E-state index in [-0.39, 0.29) is 18.5 Å². The Morgan fingerprint density at radius 3 is 2.65 bits per heavy atom. The maximum Gasteiger partial charge on any atom is 0.235 e. The lowest BCUT2D eigenvalue weighted by Crippen LogP contribution is -2.51. The Bertz CT molecular complexity index is 606. The van der Waals surface area contributed by atoms with E-state index < -0.39 is 5.54 Å². The van der Waals surface area contributed by atoms with Crippen molar-refractivity contribution in [3.05, 3.63) is 33.8 Å². The number of nitriles is 1. The summed E-state index contributed by atoms with van der Waals surface area (Å²) in [6.45, 7) is 2.08. The van der Waals surface area contributed by atoms with Gasteiger partial charge < -0.3 is 10.6 Å². The Kier molecular flexibility index (Phi) is 6.29. The lowest BCUT2D eigenvalue weighted by Gasteiger charge is -2.31. The second-order valence-corrected chi connectivity index (χ2v) is 6.91. The molecule has 1 atom stereocenters. The van der Waals surface area contributed by atoms with Crippen LogP contribution in [-0.4, -0.2) is 18.0 Å². The Morgan fingerprint density at radius 2 is 2.04 bits per heavy atom. The molecular weight excluding hydrogens is 333 g/mol. The third kappa shape index (κ3) is 4.84. The Hall–Kier alpha value is -1.28. The zero-order valence-corrected chi connectivity index (χ0v) is 14.7. The fourth-order valence-electron chi connectivity index (χ4n) is 2.94. The first kappa shape index (κ1) is 18.1. The SMILES string of the molecule is CC(NCC(=O)NC1(C#N)CCCCC1)c1ccc(Cl)cc1Cl. The number of amides is 1. The number of hydrogen-bond donors (Lipinski definition) is 2. The van der Waals surface area contributed by atoms with E-state index in [4.69, 9.17) is 23.2 Å². The first-order chi connectivity index (χ1) is 11.0. The smallest absolute Gasteiger partial charge is 0.235 e. The monoisotopic (exact) mass is 353 g/mol. The van der Waals surface area contributed by atoms with Crippen molar-refractivity contribution in [3.8, 4) is 6.07 Å². The van der Waals surface area contributed by atoms with E-state index in [1.807, 2.05) is 13.0 Å². The second kappa shape index (κ2) is 8.01. The summed E-state index contributed by atoms with van der Waals surface area (Å²) in [5.41, 5.74) is 0.189. The molecule has 1 unspecified atom stereocenters. The fourth-order valence-corrected chi connectivity index (χ4v) is 3.51. The standard InChI is InChI=1S/C17H21Cl2N3O/c1-12(14-6-5-13(18)9-15(14)19)21-10-16(23)22-17(11-20)7-3-2-4-8-17/h5-6,9,12,21H,2-4,7-8,10H2,1H3,(H,22,23). The molecule has 0 spiro atoms. The maximum absolute atomic E-state index is 12.2. The van der Waals surface area contributed by atoms with Crippen LogP contribution in [0.15, 0.2) is 18.2 Å². The molecule has 1 aliphatic carbocycles. The zero-order valence-electron chi connectivity index (χ0n) is 13.2. The van der Waals surface area contributed by atoms with E-state index in [1.54, 1.807) is 12.1 Å². The van der Waals surface area contributed by atoms with Gasteiger partial charge in [-0.1, -0.05) is 48.5 Å². The van der Waals surface area contributed by atoms with Gasteiger partial charge in [0.2, 0.25) is 5.91 Å². The van der Waals surface area contributed by atoms with Crippen LogP contribution >= 0.6 is 23.2 Å². The summed E-state index contributed by atoms with van der Waals surface area (Å²) in [6, 6.07) is 7.50. The van der Waals surface area contributed by atoms with Crippen LogP contribution < -0.4 is 10.6 Å². The molecular formula is C17H21Cl2N3O. The van der Waals surface area contributed by atoms with Crippen molar-refractivity contribution in [2.45, 2.75) is 50.6 Å². The molecule has 124 valence electrons. The minimum absolute atomic E-state index is 0.0880. The zero-order chi connectivity index (χ0) is 16.9. The fraction of sp³-hybridized carbons (Fsp3) is 0.529. The lowest BCUT2D eigenvalue weighted by atomic mass is 9.83. The van der Waals surface area contributed by atoms with E-state index in [1.165, 1.54) is 0 Å². The lowest BCUT2D eigenvalue weighted by molar-refractivity contribution is -0.122. The molecule has 0 aromatic heterocycles. The molecule has 0 radical (unpaired) electrons. The average Bonchev–Trinajstić information content (AvgIpc) is 2.53. The summed E-state index contributed by atoms with van der Waals surface area (Å²) in [6.07, 6.45) is 4.56. The van der Waals surface area contributed by atoms with E-state index in [0.29, 0.717) is 10.0 Å². The van der Waals surface area contributed by atoms with Crippen LogP contribution in [0.2, 0.25) is 10.0 Å². The van der Waals surface area contributed by atoms with Crippen LogP contribution in [0.5, 0.6) is 0 Å². The molecule has 2 N–H and O–H groups in total. The summed E-state index contributed by atoms with van der Waals surface area (Å²) in [7, 11) is 0. The number of nitrogens with zero attached hydrogens (tertiary/aromatic N) is 1. The molecule has 4 nitrogen and oxygen atoms in total. The number of rotatable bonds is 5. The first-order valence-corrected chi connectivity index (χ1v) is 8.62. The summed E-state index contributed by atoms with van der Waals surface area (Å²) < 4.78 is 0. The van der Waals surface area contributed by atoms with Crippen molar-refractivity contribution in [2.75, 3.05) is 6.54 Å². The van der Waals surface area contributed by atoms with Gasteiger partial charge in [-0.25, -0.2) is 0 Å². The minimum Gasteiger partial charge on any atom is -0.337 e. The molecule has 6 heteroatoms. The predicted octanol–water partition coefficient (Wildman–Crippen LogP) is 3.99. The highest BCUT2D eigenvalue weighted by Crippen LogP contribution is 2.28. The molecule has 23 heavy (non-hydrogen) atoms. The largest absolute Gasteiger partial charge is 0.337 e. The van der Waals surface area contributed by atoms with Gasteiger partial charge in [-0.3, -0.25) is 4.79 Å². The number of carbonyl (C=O) groups excluding carboxylic acids is 1. The average molecular weight is 354 g/mol. The van der Waals surface area contributed by atoms with E-state index >= 15 is 0 Å². The quantitative estimate of drug-likeness (QED) is 0.840. The summed E-state index contributed by atoms with van der Waals surface area (Å²) in [5, 5.41) is 16.6. The molecule has 0 aliphatic heterocycles. The predicted molar refractivity (Wildman–Crippen MR) is 92.5 cm³/mol. The molecule has 0 heterocycles. The van der Waals surface area contributed by atoms with Crippen molar-refractivity contribution in [1.29, 1.82) is 5.26 Å². The van der Waals surface area contributed by atoms with E-state index in [2.05, 4.69) is 16.7 Å². The Labute approximate surface area is 147 Å². The van der Waals surface area contributed by atoms with Gasteiger partial charge in [0.15, 0.2) is 0 Å².